The van der Waals surface area contributed by atoms with Crippen LogP contribution in [-0.2, 0) is 9.47 Å². The number of hydrogen-bond acceptors (Lipinski definition) is 5. The van der Waals surface area contributed by atoms with Gasteiger partial charge in [-0.05, 0) is 13.8 Å². The van der Waals surface area contributed by atoms with Gasteiger partial charge in [-0.1, -0.05) is 0 Å². The number of ether oxygens (including phenoxy) is 2. The van der Waals surface area contributed by atoms with E-state index in [9.17, 15) is 15.3 Å². The van der Waals surface area contributed by atoms with Crippen LogP contribution in [0.25, 0.3) is 0 Å². The smallest absolute Gasteiger partial charge is 0.183 e. The Morgan fingerprint density at radius 2 is 1.87 bits per heavy atom. The van der Waals surface area contributed by atoms with Crippen molar-refractivity contribution in [2.24, 2.45) is 0 Å². The Hall–Kier alpha value is 0.0900. The van der Waals surface area contributed by atoms with Crippen LogP contribution in [0.5, 0.6) is 0 Å². The first-order valence-corrected chi connectivity index (χ1v) is 5.32. The van der Waals surface area contributed by atoms with E-state index in [0.717, 1.165) is 0 Å². The summed E-state index contributed by atoms with van der Waals surface area (Å²) in [5, 5.41) is 27.2. The minimum Gasteiger partial charge on any atom is -0.389 e. The maximum atomic E-state index is 9.47. The summed E-state index contributed by atoms with van der Waals surface area (Å²) < 4.78 is 10.3. The SMILES string of the molecule is CC(C)OC[C@H]1O[C@H](O)[C@H](O)[C@@H](O)[C@H]1Cl. The lowest BCUT2D eigenvalue weighted by Gasteiger charge is -2.38. The Kier molecular flexibility index (Phi) is 4.76. The van der Waals surface area contributed by atoms with Crippen molar-refractivity contribution in [2.75, 3.05) is 6.61 Å². The minimum atomic E-state index is -1.42. The molecule has 0 aliphatic carbocycles. The number of halogens is 1. The van der Waals surface area contributed by atoms with E-state index < -0.39 is 30.0 Å². The van der Waals surface area contributed by atoms with E-state index in [2.05, 4.69) is 0 Å². The van der Waals surface area contributed by atoms with Crippen LogP contribution < -0.4 is 0 Å². The monoisotopic (exact) mass is 240 g/mol. The summed E-state index contributed by atoms with van der Waals surface area (Å²) in [6.07, 6.45) is -4.61. The predicted molar refractivity (Wildman–Crippen MR) is 53.6 cm³/mol. The van der Waals surface area contributed by atoms with Gasteiger partial charge >= 0.3 is 0 Å². The fourth-order valence-electron chi connectivity index (χ4n) is 1.33. The van der Waals surface area contributed by atoms with Crippen molar-refractivity contribution in [1.82, 2.24) is 0 Å². The van der Waals surface area contributed by atoms with Gasteiger partial charge in [0.15, 0.2) is 6.29 Å². The normalized spacial score (nSPS) is 42.2. The highest BCUT2D eigenvalue weighted by molar-refractivity contribution is 6.21. The molecule has 1 aliphatic rings. The van der Waals surface area contributed by atoms with Gasteiger partial charge in [0.25, 0.3) is 0 Å². The van der Waals surface area contributed by atoms with Crippen LogP contribution in [0, 0.1) is 0 Å². The Morgan fingerprint density at radius 3 is 2.40 bits per heavy atom. The second-order valence-corrected chi connectivity index (χ2v) is 4.38. The third-order valence-corrected chi connectivity index (χ3v) is 2.77. The molecule has 6 heteroatoms. The largest absolute Gasteiger partial charge is 0.389 e. The van der Waals surface area contributed by atoms with Crippen molar-refractivity contribution in [2.45, 2.75) is 49.9 Å². The van der Waals surface area contributed by atoms with Crippen LogP contribution in [0.1, 0.15) is 13.8 Å². The highest BCUT2D eigenvalue weighted by Crippen LogP contribution is 2.24. The van der Waals surface area contributed by atoms with Gasteiger partial charge in [0.2, 0.25) is 0 Å². The summed E-state index contributed by atoms with van der Waals surface area (Å²) in [6, 6.07) is 0. The molecule has 5 atom stereocenters. The first-order chi connectivity index (χ1) is 6.93. The summed E-state index contributed by atoms with van der Waals surface area (Å²) >= 11 is 5.85. The number of alkyl halides is 1. The van der Waals surface area contributed by atoms with Crippen LogP contribution >= 0.6 is 11.6 Å². The lowest BCUT2D eigenvalue weighted by Crippen LogP contribution is -2.56. The lowest BCUT2D eigenvalue weighted by molar-refractivity contribution is -0.253. The summed E-state index contributed by atoms with van der Waals surface area (Å²) in [5.41, 5.74) is 0. The number of aliphatic hydroxyl groups excluding tert-OH is 3. The third-order valence-electron chi connectivity index (χ3n) is 2.23. The molecule has 1 aliphatic heterocycles. The first-order valence-electron chi connectivity index (χ1n) is 4.88. The van der Waals surface area contributed by atoms with Crippen molar-refractivity contribution < 1.29 is 24.8 Å². The highest BCUT2D eigenvalue weighted by atomic mass is 35.5. The molecule has 5 nitrogen and oxygen atoms in total. The van der Waals surface area contributed by atoms with Gasteiger partial charge < -0.3 is 24.8 Å². The fourth-order valence-corrected chi connectivity index (χ4v) is 1.61. The molecule has 0 radical (unpaired) electrons. The van der Waals surface area contributed by atoms with Crippen molar-refractivity contribution in [3.8, 4) is 0 Å². The molecule has 1 rings (SSSR count). The van der Waals surface area contributed by atoms with Gasteiger partial charge in [0.1, 0.15) is 18.3 Å². The molecule has 0 unspecified atom stereocenters. The molecular formula is C9H17ClO5. The van der Waals surface area contributed by atoms with Crippen LogP contribution in [0.3, 0.4) is 0 Å². The predicted octanol–water partition coefficient (Wildman–Crippen LogP) is -0.542. The Balaban J connectivity index is 2.51. The van der Waals surface area contributed by atoms with E-state index in [1.807, 2.05) is 13.8 Å². The molecule has 1 heterocycles. The van der Waals surface area contributed by atoms with E-state index in [1.54, 1.807) is 0 Å². The van der Waals surface area contributed by atoms with Crippen LogP contribution in [0.4, 0.5) is 0 Å². The third kappa shape index (κ3) is 3.27. The van der Waals surface area contributed by atoms with Gasteiger partial charge in [-0.25, -0.2) is 0 Å². The zero-order valence-corrected chi connectivity index (χ0v) is 9.46. The molecule has 0 aromatic carbocycles. The van der Waals surface area contributed by atoms with E-state index in [-0.39, 0.29) is 12.7 Å². The second-order valence-electron chi connectivity index (χ2n) is 3.87. The van der Waals surface area contributed by atoms with Gasteiger partial charge in [0, 0.05) is 0 Å². The van der Waals surface area contributed by atoms with Crippen LogP contribution in [0.2, 0.25) is 0 Å². The quantitative estimate of drug-likeness (QED) is 0.578. The van der Waals surface area contributed by atoms with Crippen LogP contribution in [0.15, 0.2) is 0 Å². The van der Waals surface area contributed by atoms with Crippen molar-refractivity contribution in [1.29, 1.82) is 0 Å². The Morgan fingerprint density at radius 1 is 1.27 bits per heavy atom. The Labute approximate surface area is 93.6 Å². The summed E-state index contributed by atoms with van der Waals surface area (Å²) in [4.78, 5) is 0. The molecule has 15 heavy (non-hydrogen) atoms. The molecule has 3 N–H and O–H groups in total. The maximum Gasteiger partial charge on any atom is 0.183 e. The summed E-state index contributed by atoms with van der Waals surface area (Å²) in [7, 11) is 0. The summed E-state index contributed by atoms with van der Waals surface area (Å²) in [6.45, 7) is 3.88. The van der Waals surface area contributed by atoms with E-state index >= 15 is 0 Å². The molecule has 0 saturated carbocycles. The van der Waals surface area contributed by atoms with E-state index in [1.165, 1.54) is 0 Å². The first kappa shape index (κ1) is 13.2. The van der Waals surface area contributed by atoms with Crippen LogP contribution in [-0.4, -0.2) is 58.0 Å². The number of hydrogen-bond donors (Lipinski definition) is 3. The molecule has 0 aromatic heterocycles. The zero-order chi connectivity index (χ0) is 11.6. The van der Waals surface area contributed by atoms with Gasteiger partial charge in [-0.15, -0.1) is 11.6 Å². The molecular weight excluding hydrogens is 224 g/mol. The number of rotatable bonds is 3. The maximum absolute atomic E-state index is 9.47. The standard InChI is InChI=1S/C9H17ClO5/c1-4(2)14-3-5-6(10)7(11)8(12)9(13)15-5/h4-9,11-13H,3H2,1-2H3/t5-,6+,7+,8-,9+/m1/s1. The lowest BCUT2D eigenvalue weighted by atomic mass is 10.0. The topological polar surface area (TPSA) is 79.2 Å². The average molecular weight is 241 g/mol. The molecule has 0 amide bonds. The molecule has 0 aromatic rings. The fraction of sp³-hybridized carbons (Fsp3) is 1.00. The number of aliphatic hydroxyl groups is 3. The molecule has 1 saturated heterocycles. The van der Waals surface area contributed by atoms with Gasteiger partial charge in [-0.3, -0.25) is 0 Å². The molecule has 90 valence electrons. The van der Waals surface area contributed by atoms with Crippen molar-refractivity contribution >= 4 is 11.6 Å². The van der Waals surface area contributed by atoms with E-state index in [4.69, 9.17) is 21.1 Å². The molecule has 0 bridgehead atoms. The average Bonchev–Trinajstić information content (AvgIpc) is 2.18. The van der Waals surface area contributed by atoms with Gasteiger partial charge in [0.05, 0.1) is 18.1 Å². The van der Waals surface area contributed by atoms with Crippen molar-refractivity contribution in [3.63, 3.8) is 0 Å². The second kappa shape index (κ2) is 5.43. The van der Waals surface area contributed by atoms with Gasteiger partial charge in [-0.2, -0.15) is 0 Å². The minimum absolute atomic E-state index is 0.0126. The van der Waals surface area contributed by atoms with Crippen molar-refractivity contribution in [3.05, 3.63) is 0 Å². The molecule has 1 fully saturated rings. The highest BCUT2D eigenvalue weighted by Gasteiger charge is 2.42. The Bertz CT molecular complexity index is 201. The summed E-state index contributed by atoms with van der Waals surface area (Å²) in [5.74, 6) is 0. The molecule has 0 spiro atoms. The van der Waals surface area contributed by atoms with E-state index in [0.29, 0.717) is 0 Å². The zero-order valence-electron chi connectivity index (χ0n) is 8.71.